The van der Waals surface area contributed by atoms with Gasteiger partial charge in [0, 0.05) is 45.1 Å². The Hall–Kier alpha value is -1.69. The minimum Gasteiger partial charge on any atom is -0.352 e. The van der Waals surface area contributed by atoms with Gasteiger partial charge in [-0.25, -0.2) is 9.97 Å². The fourth-order valence-corrected chi connectivity index (χ4v) is 2.26. The van der Waals surface area contributed by atoms with E-state index in [1.165, 1.54) is 0 Å². The average molecular weight is 291 g/mol. The quantitative estimate of drug-likeness (QED) is 0.877. The van der Waals surface area contributed by atoms with Crippen LogP contribution in [0, 0.1) is 5.92 Å². The molecular weight excluding hydrogens is 266 g/mol. The zero-order valence-electron chi connectivity index (χ0n) is 13.2. The van der Waals surface area contributed by atoms with Gasteiger partial charge in [0.1, 0.15) is 0 Å². The summed E-state index contributed by atoms with van der Waals surface area (Å²) in [5.41, 5.74) is 0.520. The van der Waals surface area contributed by atoms with Gasteiger partial charge in [0.25, 0.3) is 5.91 Å². The maximum atomic E-state index is 11.9. The standard InChI is InChI=1S/C15H25N5O/c1-4-19-5-7-20(8-6-19)15-17-10-13(11-18-15)14(21)16-9-12(2)3/h10-12H,4-9H2,1-3H3,(H,16,21). The van der Waals surface area contributed by atoms with Crippen molar-refractivity contribution in [2.75, 3.05) is 44.2 Å². The number of hydrogen-bond acceptors (Lipinski definition) is 5. The van der Waals surface area contributed by atoms with Crippen LogP contribution in [0.15, 0.2) is 12.4 Å². The number of nitrogens with one attached hydrogen (secondary N) is 1. The first kappa shape index (κ1) is 15.7. The molecule has 0 radical (unpaired) electrons. The number of piperazine rings is 1. The van der Waals surface area contributed by atoms with E-state index in [1.807, 2.05) is 0 Å². The van der Waals surface area contributed by atoms with E-state index < -0.39 is 0 Å². The maximum absolute atomic E-state index is 11.9. The largest absolute Gasteiger partial charge is 0.352 e. The Labute approximate surface area is 126 Å². The van der Waals surface area contributed by atoms with Crippen LogP contribution in [-0.4, -0.2) is 60.0 Å². The van der Waals surface area contributed by atoms with Crippen LogP contribution in [0.4, 0.5) is 5.95 Å². The number of nitrogens with zero attached hydrogens (tertiary/aromatic N) is 4. The molecule has 1 N–H and O–H groups in total. The summed E-state index contributed by atoms with van der Waals surface area (Å²) in [6.07, 6.45) is 3.23. The van der Waals surface area contributed by atoms with Crippen molar-refractivity contribution in [2.45, 2.75) is 20.8 Å². The van der Waals surface area contributed by atoms with Crippen molar-refractivity contribution in [3.63, 3.8) is 0 Å². The molecule has 1 aromatic heterocycles. The summed E-state index contributed by atoms with van der Waals surface area (Å²) in [6.45, 7) is 12.0. The fourth-order valence-electron chi connectivity index (χ4n) is 2.26. The second kappa shape index (κ2) is 7.36. The van der Waals surface area contributed by atoms with Crippen molar-refractivity contribution >= 4 is 11.9 Å². The van der Waals surface area contributed by atoms with Gasteiger partial charge >= 0.3 is 0 Å². The Kier molecular flexibility index (Phi) is 5.50. The van der Waals surface area contributed by atoms with Crippen molar-refractivity contribution in [3.8, 4) is 0 Å². The Balaban J connectivity index is 1.91. The predicted octanol–water partition coefficient (Wildman–Crippen LogP) is 1.00. The summed E-state index contributed by atoms with van der Waals surface area (Å²) in [6, 6.07) is 0. The zero-order valence-corrected chi connectivity index (χ0v) is 13.2. The molecule has 6 heteroatoms. The number of amides is 1. The van der Waals surface area contributed by atoms with E-state index in [2.05, 4.69) is 45.9 Å². The maximum Gasteiger partial charge on any atom is 0.254 e. The molecular formula is C15H25N5O. The van der Waals surface area contributed by atoms with Crippen molar-refractivity contribution in [2.24, 2.45) is 5.92 Å². The molecule has 0 saturated carbocycles. The van der Waals surface area contributed by atoms with Gasteiger partial charge in [-0.15, -0.1) is 0 Å². The number of rotatable bonds is 5. The number of likely N-dealkylation sites (N-methyl/N-ethyl adjacent to an activating group) is 1. The minimum absolute atomic E-state index is 0.106. The lowest BCUT2D eigenvalue weighted by molar-refractivity contribution is 0.0948. The van der Waals surface area contributed by atoms with Gasteiger partial charge in [0.05, 0.1) is 5.56 Å². The SMILES string of the molecule is CCN1CCN(c2ncc(C(=O)NCC(C)C)cn2)CC1. The van der Waals surface area contributed by atoms with E-state index in [4.69, 9.17) is 0 Å². The van der Waals surface area contributed by atoms with Gasteiger partial charge in [-0.3, -0.25) is 4.79 Å². The van der Waals surface area contributed by atoms with Crippen LogP contribution in [-0.2, 0) is 0 Å². The van der Waals surface area contributed by atoms with Crippen molar-refractivity contribution in [1.82, 2.24) is 20.2 Å². The molecule has 1 aliphatic rings. The van der Waals surface area contributed by atoms with Crippen LogP contribution >= 0.6 is 0 Å². The number of hydrogen-bond donors (Lipinski definition) is 1. The van der Waals surface area contributed by atoms with Crippen LogP contribution in [0.1, 0.15) is 31.1 Å². The lowest BCUT2D eigenvalue weighted by Gasteiger charge is -2.33. The molecule has 21 heavy (non-hydrogen) atoms. The molecule has 0 aliphatic carbocycles. The van der Waals surface area contributed by atoms with Crippen molar-refractivity contribution in [3.05, 3.63) is 18.0 Å². The molecule has 0 spiro atoms. The van der Waals surface area contributed by atoms with Crippen LogP contribution in [0.2, 0.25) is 0 Å². The Morgan fingerprint density at radius 2 is 1.86 bits per heavy atom. The normalized spacial score (nSPS) is 16.3. The van der Waals surface area contributed by atoms with Gasteiger partial charge in [-0.1, -0.05) is 20.8 Å². The monoisotopic (exact) mass is 291 g/mol. The van der Waals surface area contributed by atoms with Gasteiger partial charge in [0.2, 0.25) is 5.95 Å². The first-order valence-corrected chi connectivity index (χ1v) is 7.67. The van der Waals surface area contributed by atoms with Gasteiger partial charge in [-0.05, 0) is 12.5 Å². The molecule has 0 unspecified atom stereocenters. The lowest BCUT2D eigenvalue weighted by Crippen LogP contribution is -2.46. The molecule has 2 rings (SSSR count). The van der Waals surface area contributed by atoms with Crippen molar-refractivity contribution in [1.29, 1.82) is 0 Å². The van der Waals surface area contributed by atoms with E-state index in [-0.39, 0.29) is 5.91 Å². The summed E-state index contributed by atoms with van der Waals surface area (Å²) < 4.78 is 0. The molecule has 1 saturated heterocycles. The second-order valence-electron chi connectivity index (χ2n) is 5.80. The molecule has 1 aromatic rings. The zero-order chi connectivity index (χ0) is 15.2. The van der Waals surface area contributed by atoms with E-state index in [0.29, 0.717) is 24.0 Å². The lowest BCUT2D eigenvalue weighted by atomic mass is 10.2. The number of anilines is 1. The fraction of sp³-hybridized carbons (Fsp3) is 0.667. The number of carbonyl (C=O) groups excluding carboxylic acids is 1. The Morgan fingerprint density at radius 1 is 1.24 bits per heavy atom. The molecule has 1 fully saturated rings. The van der Waals surface area contributed by atoms with Crippen LogP contribution in [0.25, 0.3) is 0 Å². The van der Waals surface area contributed by atoms with E-state index in [9.17, 15) is 4.79 Å². The number of carbonyl (C=O) groups is 1. The van der Waals surface area contributed by atoms with Gasteiger partial charge in [0.15, 0.2) is 0 Å². The first-order valence-electron chi connectivity index (χ1n) is 7.67. The summed E-state index contributed by atoms with van der Waals surface area (Å²) in [5, 5.41) is 2.87. The van der Waals surface area contributed by atoms with E-state index in [1.54, 1.807) is 12.4 Å². The van der Waals surface area contributed by atoms with E-state index in [0.717, 1.165) is 32.7 Å². The molecule has 6 nitrogen and oxygen atoms in total. The summed E-state index contributed by atoms with van der Waals surface area (Å²) in [7, 11) is 0. The molecule has 0 aromatic carbocycles. The number of aromatic nitrogens is 2. The Morgan fingerprint density at radius 3 is 2.38 bits per heavy atom. The molecule has 1 amide bonds. The predicted molar refractivity (Wildman–Crippen MR) is 83.5 cm³/mol. The molecule has 116 valence electrons. The molecule has 0 bridgehead atoms. The minimum atomic E-state index is -0.106. The summed E-state index contributed by atoms with van der Waals surface area (Å²) in [5.74, 6) is 1.04. The van der Waals surface area contributed by atoms with E-state index >= 15 is 0 Å². The summed E-state index contributed by atoms with van der Waals surface area (Å²) in [4.78, 5) is 25.2. The third-order valence-electron chi connectivity index (χ3n) is 3.67. The highest BCUT2D eigenvalue weighted by atomic mass is 16.1. The van der Waals surface area contributed by atoms with Crippen molar-refractivity contribution < 1.29 is 4.79 Å². The first-order chi connectivity index (χ1) is 10.1. The van der Waals surface area contributed by atoms with Crippen LogP contribution in [0.3, 0.4) is 0 Å². The topological polar surface area (TPSA) is 61.4 Å². The highest BCUT2D eigenvalue weighted by molar-refractivity contribution is 5.93. The van der Waals surface area contributed by atoms with Crippen LogP contribution in [0.5, 0.6) is 0 Å². The van der Waals surface area contributed by atoms with Gasteiger partial charge in [-0.2, -0.15) is 0 Å². The van der Waals surface area contributed by atoms with Gasteiger partial charge < -0.3 is 15.1 Å². The third-order valence-corrected chi connectivity index (χ3v) is 3.67. The Bertz CT molecular complexity index is 452. The van der Waals surface area contributed by atoms with Crippen LogP contribution < -0.4 is 10.2 Å². The second-order valence-corrected chi connectivity index (χ2v) is 5.80. The smallest absolute Gasteiger partial charge is 0.254 e. The molecule has 2 heterocycles. The summed E-state index contributed by atoms with van der Waals surface area (Å²) >= 11 is 0. The average Bonchev–Trinajstić information content (AvgIpc) is 2.53. The third kappa shape index (κ3) is 4.39. The molecule has 1 aliphatic heterocycles. The highest BCUT2D eigenvalue weighted by Crippen LogP contribution is 2.10. The molecule has 0 atom stereocenters. The highest BCUT2D eigenvalue weighted by Gasteiger charge is 2.18.